The molecule has 0 fully saturated rings. The fraction of sp³-hybridized carbons (Fsp3) is 0.333. The first-order valence-electron chi connectivity index (χ1n) is 5.38. The molecule has 0 aliphatic rings. The molecule has 0 aliphatic carbocycles. The van der Waals surface area contributed by atoms with E-state index in [1.165, 1.54) is 9.88 Å². The summed E-state index contributed by atoms with van der Waals surface area (Å²) in [5.41, 5.74) is 2.09. The quantitative estimate of drug-likeness (QED) is 0.882. The van der Waals surface area contributed by atoms with Gasteiger partial charge in [0, 0.05) is 16.8 Å². The Morgan fingerprint density at radius 1 is 1.25 bits per heavy atom. The van der Waals surface area contributed by atoms with E-state index in [1.54, 1.807) is 11.3 Å². The molecular weight excluding hydrogens is 218 g/mol. The fourth-order valence-electron chi connectivity index (χ4n) is 1.35. The normalized spacial score (nSPS) is 10.4. The number of hydrogen-bond acceptors (Lipinski definition) is 4. The molecule has 0 radical (unpaired) electrons. The van der Waals surface area contributed by atoms with Gasteiger partial charge in [-0.3, -0.25) is 4.98 Å². The molecule has 0 aliphatic heterocycles. The average molecular weight is 233 g/mol. The molecular formula is C12H15N3S. The van der Waals surface area contributed by atoms with Crippen LogP contribution in [0.15, 0.2) is 24.5 Å². The van der Waals surface area contributed by atoms with E-state index < -0.39 is 0 Å². The minimum atomic E-state index is 0.822. The van der Waals surface area contributed by atoms with E-state index in [0.717, 1.165) is 24.3 Å². The maximum Gasteiger partial charge on any atom is 0.0925 e. The highest BCUT2D eigenvalue weighted by Gasteiger charge is 2.00. The van der Waals surface area contributed by atoms with Crippen molar-refractivity contribution in [3.8, 4) is 0 Å². The third kappa shape index (κ3) is 2.79. The standard InChI is InChI=1S/C12H15N3S/c1-3-12-15-8-11(16-12)7-14-10-5-4-9(2)13-6-10/h4-6,8,14H,3,7H2,1-2H3. The van der Waals surface area contributed by atoms with Gasteiger partial charge in [-0.15, -0.1) is 11.3 Å². The van der Waals surface area contributed by atoms with Crippen LogP contribution < -0.4 is 5.32 Å². The molecule has 2 aromatic heterocycles. The smallest absolute Gasteiger partial charge is 0.0925 e. The summed E-state index contributed by atoms with van der Waals surface area (Å²) in [5, 5.41) is 4.53. The number of nitrogens with one attached hydrogen (secondary N) is 1. The molecule has 0 aromatic carbocycles. The molecule has 3 nitrogen and oxygen atoms in total. The van der Waals surface area contributed by atoms with Crippen LogP contribution in [0.3, 0.4) is 0 Å². The van der Waals surface area contributed by atoms with E-state index in [4.69, 9.17) is 0 Å². The van der Waals surface area contributed by atoms with Crippen molar-refractivity contribution < 1.29 is 0 Å². The van der Waals surface area contributed by atoms with Gasteiger partial charge in [0.2, 0.25) is 0 Å². The second kappa shape index (κ2) is 5.07. The lowest BCUT2D eigenvalue weighted by Crippen LogP contribution is -1.97. The molecule has 2 aromatic rings. The Kier molecular flexibility index (Phi) is 3.51. The second-order valence-corrected chi connectivity index (χ2v) is 4.82. The van der Waals surface area contributed by atoms with Gasteiger partial charge in [0.05, 0.1) is 23.4 Å². The van der Waals surface area contributed by atoms with Gasteiger partial charge in [-0.2, -0.15) is 0 Å². The molecule has 0 unspecified atom stereocenters. The fourth-order valence-corrected chi connectivity index (χ4v) is 2.16. The maximum absolute atomic E-state index is 4.32. The van der Waals surface area contributed by atoms with E-state index in [9.17, 15) is 0 Å². The van der Waals surface area contributed by atoms with Crippen LogP contribution in [0.1, 0.15) is 22.5 Å². The number of nitrogens with zero attached hydrogens (tertiary/aromatic N) is 2. The molecule has 0 atom stereocenters. The molecule has 16 heavy (non-hydrogen) atoms. The van der Waals surface area contributed by atoms with Crippen LogP contribution >= 0.6 is 11.3 Å². The van der Waals surface area contributed by atoms with Gasteiger partial charge in [-0.25, -0.2) is 4.98 Å². The minimum Gasteiger partial charge on any atom is -0.379 e. The van der Waals surface area contributed by atoms with E-state index >= 15 is 0 Å². The molecule has 0 spiro atoms. The zero-order valence-electron chi connectivity index (χ0n) is 9.53. The Morgan fingerprint density at radius 2 is 2.12 bits per heavy atom. The first-order chi connectivity index (χ1) is 7.78. The van der Waals surface area contributed by atoms with Gasteiger partial charge in [0.1, 0.15) is 0 Å². The second-order valence-electron chi connectivity index (χ2n) is 3.62. The Morgan fingerprint density at radius 3 is 2.75 bits per heavy atom. The van der Waals surface area contributed by atoms with Crippen LogP contribution in [0.4, 0.5) is 5.69 Å². The van der Waals surface area contributed by atoms with Gasteiger partial charge >= 0.3 is 0 Å². The number of aryl methyl sites for hydroxylation is 2. The first-order valence-corrected chi connectivity index (χ1v) is 6.19. The summed E-state index contributed by atoms with van der Waals surface area (Å²) in [6.07, 6.45) is 4.81. The highest BCUT2D eigenvalue weighted by atomic mass is 32.1. The highest BCUT2D eigenvalue weighted by Crippen LogP contribution is 2.15. The molecule has 0 saturated carbocycles. The van der Waals surface area contributed by atoms with Crippen molar-refractivity contribution in [1.82, 2.24) is 9.97 Å². The first kappa shape index (κ1) is 11.1. The number of aromatic nitrogens is 2. The Hall–Kier alpha value is -1.42. The van der Waals surface area contributed by atoms with Gasteiger partial charge in [-0.05, 0) is 25.5 Å². The summed E-state index contributed by atoms with van der Waals surface area (Å²) in [6.45, 7) is 4.93. The Balaban J connectivity index is 1.94. The molecule has 0 bridgehead atoms. The van der Waals surface area contributed by atoms with E-state index in [1.807, 2.05) is 31.5 Å². The molecule has 1 N–H and O–H groups in total. The topological polar surface area (TPSA) is 37.8 Å². The van der Waals surface area contributed by atoms with E-state index in [-0.39, 0.29) is 0 Å². The molecule has 0 saturated heterocycles. The Labute approximate surface area is 99.6 Å². The molecule has 2 rings (SSSR count). The molecule has 84 valence electrons. The Bertz CT molecular complexity index is 448. The maximum atomic E-state index is 4.32. The summed E-state index contributed by atoms with van der Waals surface area (Å²) in [4.78, 5) is 9.82. The van der Waals surface area contributed by atoms with Crippen LogP contribution in [-0.2, 0) is 13.0 Å². The van der Waals surface area contributed by atoms with Gasteiger partial charge in [-0.1, -0.05) is 6.92 Å². The minimum absolute atomic E-state index is 0.822. The van der Waals surface area contributed by atoms with Crippen molar-refractivity contribution in [2.24, 2.45) is 0 Å². The third-order valence-electron chi connectivity index (χ3n) is 2.28. The van der Waals surface area contributed by atoms with Crippen molar-refractivity contribution >= 4 is 17.0 Å². The molecule has 2 heterocycles. The van der Waals surface area contributed by atoms with Crippen molar-refractivity contribution in [2.75, 3.05) is 5.32 Å². The van der Waals surface area contributed by atoms with E-state index in [2.05, 4.69) is 22.2 Å². The number of hydrogen-bond donors (Lipinski definition) is 1. The monoisotopic (exact) mass is 233 g/mol. The van der Waals surface area contributed by atoms with Gasteiger partial charge in [0.15, 0.2) is 0 Å². The SMILES string of the molecule is CCc1ncc(CNc2ccc(C)nc2)s1. The van der Waals surface area contributed by atoms with Crippen LogP contribution in [0.25, 0.3) is 0 Å². The molecule has 0 amide bonds. The number of pyridine rings is 1. The van der Waals surface area contributed by atoms with Gasteiger partial charge in [0.25, 0.3) is 0 Å². The summed E-state index contributed by atoms with van der Waals surface area (Å²) in [7, 11) is 0. The van der Waals surface area contributed by atoms with Crippen molar-refractivity contribution in [3.63, 3.8) is 0 Å². The van der Waals surface area contributed by atoms with Crippen LogP contribution in [0, 0.1) is 6.92 Å². The number of anilines is 1. The lowest BCUT2D eigenvalue weighted by molar-refractivity contribution is 1.08. The van der Waals surface area contributed by atoms with Crippen LogP contribution in [-0.4, -0.2) is 9.97 Å². The van der Waals surface area contributed by atoms with Crippen molar-refractivity contribution in [3.05, 3.63) is 40.1 Å². The summed E-state index contributed by atoms with van der Waals surface area (Å²) in [6, 6.07) is 4.05. The molecule has 4 heteroatoms. The summed E-state index contributed by atoms with van der Waals surface area (Å²) in [5.74, 6) is 0. The van der Waals surface area contributed by atoms with E-state index in [0.29, 0.717) is 0 Å². The lowest BCUT2D eigenvalue weighted by atomic mass is 10.3. The van der Waals surface area contributed by atoms with Crippen LogP contribution in [0.2, 0.25) is 0 Å². The predicted molar refractivity (Wildman–Crippen MR) is 67.8 cm³/mol. The van der Waals surface area contributed by atoms with Gasteiger partial charge < -0.3 is 5.32 Å². The number of thiazole rings is 1. The average Bonchev–Trinajstić information content (AvgIpc) is 2.76. The third-order valence-corrected chi connectivity index (χ3v) is 3.42. The summed E-state index contributed by atoms with van der Waals surface area (Å²) < 4.78 is 0. The highest BCUT2D eigenvalue weighted by molar-refractivity contribution is 7.11. The zero-order chi connectivity index (χ0) is 11.4. The summed E-state index contributed by atoms with van der Waals surface area (Å²) >= 11 is 1.76. The van der Waals surface area contributed by atoms with Crippen molar-refractivity contribution in [2.45, 2.75) is 26.8 Å². The largest absolute Gasteiger partial charge is 0.379 e. The lowest BCUT2D eigenvalue weighted by Gasteiger charge is -2.03. The zero-order valence-corrected chi connectivity index (χ0v) is 10.3. The van der Waals surface area contributed by atoms with Crippen LogP contribution in [0.5, 0.6) is 0 Å². The predicted octanol–water partition coefficient (Wildman–Crippen LogP) is 3.02. The van der Waals surface area contributed by atoms with Crippen molar-refractivity contribution in [1.29, 1.82) is 0 Å². The number of rotatable bonds is 4.